The second kappa shape index (κ2) is 6.80. The zero-order valence-electron chi connectivity index (χ0n) is 14.9. The van der Waals surface area contributed by atoms with E-state index in [-0.39, 0.29) is 5.41 Å². The van der Waals surface area contributed by atoms with E-state index in [1.807, 2.05) is 36.4 Å². The highest BCUT2D eigenvalue weighted by molar-refractivity contribution is 5.94. The summed E-state index contributed by atoms with van der Waals surface area (Å²) in [6.07, 6.45) is 3.50. The first kappa shape index (κ1) is 16.6. The van der Waals surface area contributed by atoms with Gasteiger partial charge < -0.3 is 19.5 Å². The molecule has 1 aliphatic rings. The van der Waals surface area contributed by atoms with Gasteiger partial charge in [-0.3, -0.25) is 0 Å². The lowest BCUT2D eigenvalue weighted by molar-refractivity contribution is -0.120. The Labute approximate surface area is 152 Å². The van der Waals surface area contributed by atoms with Gasteiger partial charge in [0.15, 0.2) is 0 Å². The highest BCUT2D eigenvalue weighted by atomic mass is 16.5. The summed E-state index contributed by atoms with van der Waals surface area (Å²) in [7, 11) is 1.60. The lowest BCUT2D eigenvalue weighted by atomic mass is 9.90. The minimum absolute atomic E-state index is 0.126. The summed E-state index contributed by atoms with van der Waals surface area (Å²) in [6, 6.07) is 11.7. The van der Waals surface area contributed by atoms with E-state index in [2.05, 4.69) is 22.2 Å². The van der Waals surface area contributed by atoms with Crippen molar-refractivity contribution in [1.29, 1.82) is 0 Å². The summed E-state index contributed by atoms with van der Waals surface area (Å²) >= 11 is 0. The van der Waals surface area contributed by atoms with Crippen LogP contribution in [0, 0.1) is 5.41 Å². The number of aromatic nitrogens is 2. The van der Waals surface area contributed by atoms with Crippen LogP contribution in [0.2, 0.25) is 0 Å². The molecule has 0 atom stereocenters. The molecule has 1 N–H and O–H groups in total. The molecule has 1 aromatic carbocycles. The normalized spacial score (nSPS) is 15.3. The molecule has 3 aromatic rings. The van der Waals surface area contributed by atoms with Crippen LogP contribution in [0.15, 0.2) is 48.8 Å². The second-order valence-electron chi connectivity index (χ2n) is 6.85. The van der Waals surface area contributed by atoms with Crippen LogP contribution in [0.3, 0.4) is 0 Å². The number of benzene rings is 1. The van der Waals surface area contributed by atoms with E-state index in [4.69, 9.17) is 14.2 Å². The Morgan fingerprint density at radius 1 is 1.15 bits per heavy atom. The molecule has 0 amide bonds. The van der Waals surface area contributed by atoms with E-state index in [1.165, 1.54) is 0 Å². The van der Waals surface area contributed by atoms with E-state index < -0.39 is 0 Å². The maximum absolute atomic E-state index is 5.96. The fraction of sp³-hybridized carbons (Fsp3) is 0.300. The van der Waals surface area contributed by atoms with E-state index in [9.17, 15) is 0 Å². The third-order valence-corrected chi connectivity index (χ3v) is 4.43. The molecule has 4 rings (SSSR count). The van der Waals surface area contributed by atoms with Crippen LogP contribution >= 0.6 is 0 Å². The molecule has 134 valence electrons. The van der Waals surface area contributed by atoms with Crippen LogP contribution < -0.4 is 14.8 Å². The molecule has 0 radical (unpaired) electrons. The summed E-state index contributed by atoms with van der Waals surface area (Å²) in [5, 5.41) is 5.39. The first-order valence-corrected chi connectivity index (χ1v) is 8.52. The van der Waals surface area contributed by atoms with Crippen molar-refractivity contribution < 1.29 is 14.2 Å². The number of ether oxygens (including phenoxy) is 3. The Morgan fingerprint density at radius 2 is 2.04 bits per heavy atom. The van der Waals surface area contributed by atoms with Crippen molar-refractivity contribution in [3.63, 3.8) is 0 Å². The molecule has 1 fully saturated rings. The van der Waals surface area contributed by atoms with Crippen molar-refractivity contribution >= 4 is 22.3 Å². The molecule has 2 aromatic heterocycles. The predicted octanol–water partition coefficient (Wildman–Crippen LogP) is 3.80. The van der Waals surface area contributed by atoms with Crippen LogP contribution in [-0.4, -0.2) is 36.9 Å². The molecule has 0 aliphatic carbocycles. The highest BCUT2D eigenvalue weighted by Crippen LogP contribution is 2.30. The van der Waals surface area contributed by atoms with E-state index >= 15 is 0 Å². The van der Waals surface area contributed by atoms with Crippen molar-refractivity contribution in [2.24, 2.45) is 5.41 Å². The lowest BCUT2D eigenvalue weighted by Crippen LogP contribution is -2.44. The number of rotatable bonds is 6. The van der Waals surface area contributed by atoms with Gasteiger partial charge in [0.2, 0.25) is 5.88 Å². The molecular weight excluding hydrogens is 330 g/mol. The number of methoxy groups -OCH3 is 1. The standard InChI is InChI=1S/C20H21N3O3/c1-20(11-25-12-20)13-26-16-4-5-17-14(9-16)7-8-21-19(17)23-15-3-6-18(24-2)22-10-15/h3-10H,11-13H2,1-2H3,(H,21,23). The van der Waals surface area contributed by atoms with Gasteiger partial charge in [0.1, 0.15) is 11.6 Å². The molecule has 6 nitrogen and oxygen atoms in total. The number of nitrogens with zero attached hydrogens (tertiary/aromatic N) is 2. The van der Waals surface area contributed by atoms with E-state index in [0.717, 1.165) is 41.2 Å². The van der Waals surface area contributed by atoms with Crippen molar-refractivity contribution in [2.75, 3.05) is 32.2 Å². The summed E-state index contributed by atoms with van der Waals surface area (Å²) in [5.74, 6) is 2.21. The van der Waals surface area contributed by atoms with E-state index in [1.54, 1.807) is 19.5 Å². The number of hydrogen-bond donors (Lipinski definition) is 1. The number of fused-ring (bicyclic) bond motifs is 1. The average molecular weight is 351 g/mol. The summed E-state index contributed by atoms with van der Waals surface area (Å²) in [5.41, 5.74) is 0.977. The Bertz CT molecular complexity index is 908. The maximum atomic E-state index is 5.96. The number of pyridine rings is 2. The van der Waals surface area contributed by atoms with Crippen molar-refractivity contribution in [2.45, 2.75) is 6.92 Å². The predicted molar refractivity (Wildman–Crippen MR) is 100 cm³/mol. The largest absolute Gasteiger partial charge is 0.493 e. The molecule has 0 bridgehead atoms. The van der Waals surface area contributed by atoms with Gasteiger partial charge in [-0.25, -0.2) is 9.97 Å². The third kappa shape index (κ3) is 3.41. The summed E-state index contributed by atoms with van der Waals surface area (Å²) in [6.45, 7) is 4.35. The zero-order valence-corrected chi connectivity index (χ0v) is 14.9. The van der Waals surface area contributed by atoms with E-state index in [0.29, 0.717) is 12.5 Å². The van der Waals surface area contributed by atoms with Crippen LogP contribution in [0.25, 0.3) is 10.8 Å². The fourth-order valence-electron chi connectivity index (χ4n) is 2.85. The van der Waals surface area contributed by atoms with Crippen LogP contribution in [-0.2, 0) is 4.74 Å². The van der Waals surface area contributed by atoms with Gasteiger partial charge in [-0.2, -0.15) is 0 Å². The van der Waals surface area contributed by atoms with Gasteiger partial charge >= 0.3 is 0 Å². The molecule has 1 aliphatic heterocycles. The van der Waals surface area contributed by atoms with Crippen molar-refractivity contribution in [1.82, 2.24) is 9.97 Å². The average Bonchev–Trinajstić information content (AvgIpc) is 2.65. The maximum Gasteiger partial charge on any atom is 0.213 e. The van der Waals surface area contributed by atoms with Crippen molar-refractivity contribution in [3.8, 4) is 11.6 Å². The Hall–Kier alpha value is -2.86. The number of nitrogens with one attached hydrogen (secondary N) is 1. The number of hydrogen-bond acceptors (Lipinski definition) is 6. The molecule has 0 saturated carbocycles. The highest BCUT2D eigenvalue weighted by Gasteiger charge is 2.34. The Morgan fingerprint density at radius 3 is 2.73 bits per heavy atom. The minimum atomic E-state index is 0.126. The van der Waals surface area contributed by atoms with Crippen LogP contribution in [0.4, 0.5) is 11.5 Å². The molecule has 0 unspecified atom stereocenters. The van der Waals surface area contributed by atoms with Gasteiger partial charge in [0.05, 0.1) is 38.8 Å². The molecule has 1 saturated heterocycles. The molecular formula is C20H21N3O3. The van der Waals surface area contributed by atoms with Crippen LogP contribution in [0.1, 0.15) is 6.92 Å². The van der Waals surface area contributed by atoms with Gasteiger partial charge in [-0.05, 0) is 35.7 Å². The SMILES string of the molecule is COc1ccc(Nc2nccc3cc(OCC4(C)COC4)ccc23)cn1. The van der Waals surface area contributed by atoms with Crippen LogP contribution in [0.5, 0.6) is 11.6 Å². The molecule has 0 spiro atoms. The monoisotopic (exact) mass is 351 g/mol. The van der Waals surface area contributed by atoms with Gasteiger partial charge in [0, 0.05) is 23.1 Å². The minimum Gasteiger partial charge on any atom is -0.493 e. The Balaban J connectivity index is 1.54. The first-order valence-electron chi connectivity index (χ1n) is 8.52. The van der Waals surface area contributed by atoms with Gasteiger partial charge in [-0.15, -0.1) is 0 Å². The topological polar surface area (TPSA) is 65.5 Å². The molecule has 3 heterocycles. The quantitative estimate of drug-likeness (QED) is 0.729. The zero-order chi connectivity index (χ0) is 18.0. The Kier molecular flexibility index (Phi) is 4.34. The second-order valence-corrected chi connectivity index (χ2v) is 6.85. The number of anilines is 2. The lowest BCUT2D eigenvalue weighted by Gasteiger charge is -2.37. The third-order valence-electron chi connectivity index (χ3n) is 4.43. The molecule has 26 heavy (non-hydrogen) atoms. The first-order chi connectivity index (χ1) is 12.6. The fourth-order valence-corrected chi connectivity index (χ4v) is 2.85. The summed E-state index contributed by atoms with van der Waals surface area (Å²) < 4.78 is 16.3. The molecule has 6 heteroatoms. The summed E-state index contributed by atoms with van der Waals surface area (Å²) in [4.78, 5) is 8.66. The van der Waals surface area contributed by atoms with Gasteiger partial charge in [0.25, 0.3) is 0 Å². The smallest absolute Gasteiger partial charge is 0.213 e. The van der Waals surface area contributed by atoms with Crippen molar-refractivity contribution in [3.05, 3.63) is 48.8 Å². The van der Waals surface area contributed by atoms with Gasteiger partial charge in [-0.1, -0.05) is 6.92 Å².